The van der Waals surface area contributed by atoms with Crippen molar-refractivity contribution in [2.24, 2.45) is 0 Å². The van der Waals surface area contributed by atoms with E-state index in [1.165, 1.54) is 21.6 Å². The van der Waals surface area contributed by atoms with Crippen molar-refractivity contribution >= 4 is 27.7 Å². The molecule has 2 aromatic rings. The van der Waals surface area contributed by atoms with E-state index in [0.717, 1.165) is 16.6 Å². The summed E-state index contributed by atoms with van der Waals surface area (Å²) in [5, 5.41) is 3.46. The molecule has 0 heterocycles. The van der Waals surface area contributed by atoms with Crippen molar-refractivity contribution in [1.29, 1.82) is 0 Å². The zero-order chi connectivity index (χ0) is 15.2. The van der Waals surface area contributed by atoms with Crippen molar-refractivity contribution in [3.05, 3.63) is 63.6 Å². The number of hydrogen-bond donors (Lipinski definition) is 1. The molecule has 0 aliphatic heterocycles. The largest absolute Gasteiger partial charge is 0.316 e. The summed E-state index contributed by atoms with van der Waals surface area (Å²) >= 11 is 5.44. The van der Waals surface area contributed by atoms with Crippen LogP contribution in [0, 0.1) is 13.8 Å². The summed E-state index contributed by atoms with van der Waals surface area (Å²) < 4.78 is 1.14. The van der Waals surface area contributed by atoms with Crippen LogP contribution < -0.4 is 5.32 Å². The summed E-state index contributed by atoms with van der Waals surface area (Å²) in [6.07, 6.45) is 1.08. The Bertz CT molecular complexity index is 577. The minimum atomic E-state index is 0.480. The van der Waals surface area contributed by atoms with Crippen LogP contribution in [0.25, 0.3) is 0 Å². The summed E-state index contributed by atoms with van der Waals surface area (Å²) in [4.78, 5) is 1.31. The highest BCUT2D eigenvalue weighted by Gasteiger charge is 2.11. The highest BCUT2D eigenvalue weighted by atomic mass is 79.9. The van der Waals surface area contributed by atoms with E-state index in [2.05, 4.69) is 84.6 Å². The molecule has 0 bridgehead atoms. The lowest BCUT2D eigenvalue weighted by atomic mass is 9.97. The molecule has 1 nitrogen and oxygen atoms in total. The molecule has 0 saturated heterocycles. The average molecular weight is 364 g/mol. The number of likely N-dealkylation sites (N-methyl/N-ethyl adjacent to an activating group) is 1. The second-order valence-corrected chi connectivity index (χ2v) is 7.34. The topological polar surface area (TPSA) is 12.0 Å². The molecule has 1 unspecified atom stereocenters. The summed E-state index contributed by atoms with van der Waals surface area (Å²) in [7, 11) is 2.06. The van der Waals surface area contributed by atoms with E-state index in [0.29, 0.717) is 6.04 Å². The van der Waals surface area contributed by atoms with Gasteiger partial charge in [0.1, 0.15) is 0 Å². The first kappa shape index (κ1) is 16.6. The number of nitrogens with one attached hydrogen (secondary N) is 1. The Balaban J connectivity index is 2.00. The summed E-state index contributed by atoms with van der Waals surface area (Å²) in [6.45, 7) is 4.41. The highest BCUT2D eigenvalue weighted by Crippen LogP contribution is 2.24. The number of aryl methyl sites for hydroxylation is 2. The van der Waals surface area contributed by atoms with Crippen LogP contribution in [-0.2, 0) is 6.42 Å². The lowest BCUT2D eigenvalue weighted by Gasteiger charge is -2.19. The first-order valence-electron chi connectivity index (χ1n) is 7.21. The fourth-order valence-corrected chi connectivity index (χ4v) is 4.03. The predicted molar refractivity (Wildman–Crippen MR) is 97.3 cm³/mol. The van der Waals surface area contributed by atoms with Gasteiger partial charge in [-0.25, -0.2) is 0 Å². The van der Waals surface area contributed by atoms with Crippen molar-refractivity contribution in [3.8, 4) is 0 Å². The maximum Gasteiger partial charge on any atom is 0.0199 e. The number of thioether (sulfide) groups is 1. The minimum Gasteiger partial charge on any atom is -0.316 e. The molecule has 0 aliphatic rings. The van der Waals surface area contributed by atoms with Gasteiger partial charge in [0.2, 0.25) is 0 Å². The standard InChI is InChI=1S/C18H22BrNS/c1-13-6-4-7-14(2)18(13)11-16(20-3)12-21-17-9-5-8-15(19)10-17/h4-10,16,20H,11-12H2,1-3H3. The molecule has 0 aromatic heterocycles. The normalized spacial score (nSPS) is 12.4. The van der Waals surface area contributed by atoms with Crippen LogP contribution >= 0.6 is 27.7 Å². The fourth-order valence-electron chi connectivity index (χ4n) is 2.42. The molecule has 112 valence electrons. The monoisotopic (exact) mass is 363 g/mol. The third kappa shape index (κ3) is 4.87. The maximum atomic E-state index is 3.53. The molecule has 21 heavy (non-hydrogen) atoms. The van der Waals surface area contributed by atoms with Crippen LogP contribution in [0.4, 0.5) is 0 Å². The van der Waals surface area contributed by atoms with E-state index >= 15 is 0 Å². The van der Waals surface area contributed by atoms with E-state index in [1.54, 1.807) is 0 Å². The van der Waals surface area contributed by atoms with Gasteiger partial charge >= 0.3 is 0 Å². The van der Waals surface area contributed by atoms with E-state index in [1.807, 2.05) is 11.8 Å². The fraction of sp³-hybridized carbons (Fsp3) is 0.333. The molecular weight excluding hydrogens is 342 g/mol. The Morgan fingerprint density at radius 2 is 1.76 bits per heavy atom. The molecule has 0 amide bonds. The Morgan fingerprint density at radius 3 is 2.38 bits per heavy atom. The molecule has 1 N–H and O–H groups in total. The van der Waals surface area contributed by atoms with Gasteiger partial charge in [-0.2, -0.15) is 0 Å². The van der Waals surface area contributed by atoms with Crippen LogP contribution in [0.1, 0.15) is 16.7 Å². The highest BCUT2D eigenvalue weighted by molar-refractivity contribution is 9.10. The maximum absolute atomic E-state index is 3.53. The van der Waals surface area contributed by atoms with Gasteiger partial charge in [0, 0.05) is 21.2 Å². The van der Waals surface area contributed by atoms with Crippen LogP contribution in [-0.4, -0.2) is 18.8 Å². The lowest BCUT2D eigenvalue weighted by molar-refractivity contribution is 0.614. The molecule has 0 aliphatic carbocycles. The molecule has 0 spiro atoms. The van der Waals surface area contributed by atoms with Gasteiger partial charge in [-0.15, -0.1) is 11.8 Å². The van der Waals surface area contributed by atoms with E-state index in [9.17, 15) is 0 Å². The Morgan fingerprint density at radius 1 is 1.10 bits per heavy atom. The number of benzene rings is 2. The second kappa shape index (κ2) is 8.02. The van der Waals surface area contributed by atoms with Crippen LogP contribution in [0.15, 0.2) is 51.8 Å². The van der Waals surface area contributed by atoms with Crippen molar-refractivity contribution in [2.75, 3.05) is 12.8 Å². The van der Waals surface area contributed by atoms with Gasteiger partial charge in [-0.1, -0.05) is 40.2 Å². The Labute approximate surface area is 140 Å². The molecule has 2 aromatic carbocycles. The Hall–Kier alpha value is -0.770. The van der Waals surface area contributed by atoms with Crippen molar-refractivity contribution in [2.45, 2.75) is 31.2 Å². The number of rotatable bonds is 6. The van der Waals surface area contributed by atoms with Gasteiger partial charge < -0.3 is 5.32 Å². The minimum absolute atomic E-state index is 0.480. The van der Waals surface area contributed by atoms with Crippen LogP contribution in [0.3, 0.4) is 0 Å². The van der Waals surface area contributed by atoms with E-state index in [4.69, 9.17) is 0 Å². The van der Waals surface area contributed by atoms with E-state index < -0.39 is 0 Å². The van der Waals surface area contributed by atoms with Gasteiger partial charge in [0.05, 0.1) is 0 Å². The molecule has 0 radical (unpaired) electrons. The number of halogens is 1. The van der Waals surface area contributed by atoms with Crippen molar-refractivity contribution in [3.63, 3.8) is 0 Å². The molecule has 3 heteroatoms. The molecule has 0 fully saturated rings. The first-order valence-corrected chi connectivity index (χ1v) is 8.98. The quantitative estimate of drug-likeness (QED) is 0.725. The summed E-state index contributed by atoms with van der Waals surface area (Å²) in [5.74, 6) is 1.07. The summed E-state index contributed by atoms with van der Waals surface area (Å²) in [5.41, 5.74) is 4.26. The zero-order valence-corrected chi connectivity index (χ0v) is 15.2. The second-order valence-electron chi connectivity index (χ2n) is 5.33. The smallest absolute Gasteiger partial charge is 0.0199 e. The van der Waals surface area contributed by atoms with Gasteiger partial charge in [-0.3, -0.25) is 0 Å². The van der Waals surface area contributed by atoms with E-state index in [-0.39, 0.29) is 0 Å². The third-order valence-corrected chi connectivity index (χ3v) is 5.40. The average Bonchev–Trinajstić information content (AvgIpc) is 2.46. The predicted octanol–water partition coefficient (Wildman–Crippen LogP) is 4.99. The van der Waals surface area contributed by atoms with Crippen molar-refractivity contribution < 1.29 is 0 Å². The third-order valence-electron chi connectivity index (χ3n) is 3.75. The lowest BCUT2D eigenvalue weighted by Crippen LogP contribution is -2.30. The Kier molecular flexibility index (Phi) is 6.34. The molecule has 2 rings (SSSR count). The zero-order valence-electron chi connectivity index (χ0n) is 12.8. The van der Waals surface area contributed by atoms with Crippen LogP contribution in [0.5, 0.6) is 0 Å². The van der Waals surface area contributed by atoms with Gasteiger partial charge in [0.15, 0.2) is 0 Å². The molecule has 1 atom stereocenters. The summed E-state index contributed by atoms with van der Waals surface area (Å²) in [6, 6.07) is 15.5. The molecule has 0 saturated carbocycles. The SMILES string of the molecule is CNC(CSc1cccc(Br)c1)Cc1c(C)cccc1C. The van der Waals surface area contributed by atoms with Gasteiger partial charge in [0.25, 0.3) is 0 Å². The van der Waals surface area contributed by atoms with Gasteiger partial charge in [-0.05, 0) is 62.2 Å². The number of hydrogen-bond acceptors (Lipinski definition) is 2. The molecular formula is C18H22BrNS. The van der Waals surface area contributed by atoms with Crippen molar-refractivity contribution in [1.82, 2.24) is 5.32 Å². The van der Waals surface area contributed by atoms with Crippen LogP contribution in [0.2, 0.25) is 0 Å². The first-order chi connectivity index (χ1) is 10.1.